The second kappa shape index (κ2) is 11.4. The Morgan fingerprint density at radius 2 is 1.89 bits per heavy atom. The summed E-state index contributed by atoms with van der Waals surface area (Å²) in [5, 5.41) is 14.8. The van der Waals surface area contributed by atoms with Crippen molar-refractivity contribution < 1.29 is 4.74 Å². The van der Waals surface area contributed by atoms with Crippen molar-refractivity contribution >= 4 is 17.3 Å². The molecule has 0 N–H and O–H groups in total. The number of hydrogen-bond donors (Lipinski definition) is 0. The summed E-state index contributed by atoms with van der Waals surface area (Å²) >= 11 is 1.68. The molecule has 182 valence electrons. The highest BCUT2D eigenvalue weighted by molar-refractivity contribution is 7.09. The summed E-state index contributed by atoms with van der Waals surface area (Å²) in [5.74, 6) is 1.98. The lowest BCUT2D eigenvalue weighted by Crippen LogP contribution is -2.34. The van der Waals surface area contributed by atoms with Crippen LogP contribution in [0.2, 0.25) is 0 Å². The SMILES string of the molecule is CCCCCc1cnc(N2CCC(c3nc(C(Oc4ccccc4)n4cnnn4)cs3)CC2)nc1. The van der Waals surface area contributed by atoms with Crippen molar-refractivity contribution in [3.63, 3.8) is 0 Å². The van der Waals surface area contributed by atoms with Crippen LogP contribution in [0.3, 0.4) is 0 Å². The van der Waals surface area contributed by atoms with Crippen LogP contribution in [0.15, 0.2) is 54.4 Å². The molecule has 9 nitrogen and oxygen atoms in total. The highest BCUT2D eigenvalue weighted by Gasteiger charge is 2.27. The number of hydrogen-bond acceptors (Lipinski definition) is 9. The Hall–Kier alpha value is -3.40. The molecule has 1 saturated heterocycles. The highest BCUT2D eigenvalue weighted by atomic mass is 32.1. The van der Waals surface area contributed by atoms with Crippen molar-refractivity contribution in [3.05, 3.63) is 70.7 Å². The summed E-state index contributed by atoms with van der Waals surface area (Å²) in [6, 6.07) is 9.67. The molecule has 5 rings (SSSR count). The molecule has 0 saturated carbocycles. The topological polar surface area (TPSA) is 94.7 Å². The van der Waals surface area contributed by atoms with Gasteiger partial charge in [-0.25, -0.2) is 15.0 Å². The van der Waals surface area contributed by atoms with Crippen molar-refractivity contribution in [3.8, 4) is 5.75 Å². The smallest absolute Gasteiger partial charge is 0.238 e. The van der Waals surface area contributed by atoms with Crippen LogP contribution in [0.4, 0.5) is 5.95 Å². The second-order valence-electron chi connectivity index (χ2n) is 8.79. The largest absolute Gasteiger partial charge is 0.463 e. The molecular formula is C25H30N8OS. The van der Waals surface area contributed by atoms with E-state index in [1.807, 2.05) is 42.7 Å². The Labute approximate surface area is 209 Å². The van der Waals surface area contributed by atoms with E-state index in [9.17, 15) is 0 Å². The zero-order chi connectivity index (χ0) is 23.9. The van der Waals surface area contributed by atoms with E-state index in [0.29, 0.717) is 5.92 Å². The summed E-state index contributed by atoms with van der Waals surface area (Å²) in [6.07, 6.45) is 11.8. The van der Waals surface area contributed by atoms with E-state index in [4.69, 9.17) is 9.72 Å². The molecule has 0 aliphatic carbocycles. The van der Waals surface area contributed by atoms with Gasteiger partial charge in [-0.2, -0.15) is 4.68 Å². The third-order valence-electron chi connectivity index (χ3n) is 6.28. The van der Waals surface area contributed by atoms with Crippen LogP contribution in [0.25, 0.3) is 0 Å². The van der Waals surface area contributed by atoms with Crippen molar-refractivity contribution in [1.82, 2.24) is 35.2 Å². The van der Waals surface area contributed by atoms with E-state index in [1.54, 1.807) is 22.3 Å². The van der Waals surface area contributed by atoms with Gasteiger partial charge >= 0.3 is 0 Å². The van der Waals surface area contributed by atoms with Gasteiger partial charge in [0.25, 0.3) is 0 Å². The number of benzene rings is 1. The average Bonchev–Trinajstić information content (AvgIpc) is 3.62. The number of anilines is 1. The Balaban J connectivity index is 1.21. The van der Waals surface area contributed by atoms with E-state index >= 15 is 0 Å². The monoisotopic (exact) mass is 490 g/mol. The van der Waals surface area contributed by atoms with E-state index < -0.39 is 6.23 Å². The molecular weight excluding hydrogens is 460 g/mol. The number of piperidine rings is 1. The normalized spacial score (nSPS) is 15.3. The molecule has 0 spiro atoms. The Bertz CT molecular complexity index is 1160. The van der Waals surface area contributed by atoms with E-state index in [0.717, 1.165) is 54.8 Å². The molecule has 4 aromatic rings. The zero-order valence-electron chi connectivity index (χ0n) is 19.9. The quantitative estimate of drug-likeness (QED) is 0.296. The number of nitrogens with zero attached hydrogens (tertiary/aromatic N) is 8. The van der Waals surface area contributed by atoms with Crippen molar-refractivity contribution in [2.24, 2.45) is 0 Å². The third kappa shape index (κ3) is 5.82. The molecule has 1 unspecified atom stereocenters. The lowest BCUT2D eigenvalue weighted by molar-refractivity contribution is 0.152. The molecule has 1 atom stereocenters. The molecule has 0 radical (unpaired) electrons. The number of ether oxygens (including phenoxy) is 1. The van der Waals surface area contributed by atoms with Gasteiger partial charge < -0.3 is 9.64 Å². The number of rotatable bonds is 10. The lowest BCUT2D eigenvalue weighted by Gasteiger charge is -2.31. The molecule has 1 aliphatic heterocycles. The van der Waals surface area contributed by atoms with Crippen LogP contribution < -0.4 is 9.64 Å². The number of unbranched alkanes of at least 4 members (excludes halogenated alkanes) is 2. The fraction of sp³-hybridized carbons (Fsp3) is 0.440. The summed E-state index contributed by atoms with van der Waals surface area (Å²) < 4.78 is 7.80. The number of tetrazole rings is 1. The van der Waals surface area contributed by atoms with Crippen LogP contribution in [-0.4, -0.2) is 48.2 Å². The maximum absolute atomic E-state index is 6.20. The molecule has 1 aromatic carbocycles. The number of aryl methyl sites for hydroxylation is 1. The van der Waals surface area contributed by atoms with E-state index in [1.165, 1.54) is 24.8 Å². The van der Waals surface area contributed by atoms with E-state index in [-0.39, 0.29) is 0 Å². The van der Waals surface area contributed by atoms with Crippen molar-refractivity contribution in [1.29, 1.82) is 0 Å². The Kier molecular flexibility index (Phi) is 7.57. The fourth-order valence-corrected chi connectivity index (χ4v) is 5.30. The first-order valence-electron chi connectivity index (χ1n) is 12.3. The van der Waals surface area contributed by atoms with Gasteiger partial charge in [-0.3, -0.25) is 0 Å². The maximum atomic E-state index is 6.20. The number of para-hydroxylation sites is 1. The van der Waals surface area contributed by atoms with Crippen molar-refractivity contribution in [2.75, 3.05) is 18.0 Å². The van der Waals surface area contributed by atoms with Gasteiger partial charge in [0.2, 0.25) is 12.2 Å². The van der Waals surface area contributed by atoms with Gasteiger partial charge in [0, 0.05) is 36.8 Å². The first kappa shape index (κ1) is 23.3. The second-order valence-corrected chi connectivity index (χ2v) is 9.68. The van der Waals surface area contributed by atoms with Gasteiger partial charge in [0.05, 0.1) is 5.01 Å². The highest BCUT2D eigenvalue weighted by Crippen LogP contribution is 2.33. The minimum Gasteiger partial charge on any atom is -0.463 e. The van der Waals surface area contributed by atoms with Gasteiger partial charge in [0.15, 0.2) is 0 Å². The molecule has 0 amide bonds. The molecule has 1 fully saturated rings. The van der Waals surface area contributed by atoms with Crippen LogP contribution in [0.5, 0.6) is 5.75 Å². The Morgan fingerprint density at radius 1 is 1.09 bits per heavy atom. The standard InChI is InChI=1S/C25H30N8OS/c1-2-3-5-8-19-15-26-25(27-16-19)32-13-11-20(12-14-32)23-29-22(17-35-23)24(33-18-28-30-31-33)34-21-9-6-4-7-10-21/h4,6-7,9-10,15-18,20,24H,2-3,5,8,11-14H2,1H3. The van der Waals surface area contributed by atoms with Gasteiger partial charge in [0.1, 0.15) is 17.8 Å². The van der Waals surface area contributed by atoms with Crippen LogP contribution in [0.1, 0.15) is 67.4 Å². The van der Waals surface area contributed by atoms with E-state index in [2.05, 4.69) is 42.7 Å². The minimum atomic E-state index is -0.512. The molecule has 1 aliphatic rings. The first-order chi connectivity index (χ1) is 17.3. The minimum absolute atomic E-state index is 0.407. The summed E-state index contributed by atoms with van der Waals surface area (Å²) in [6.45, 7) is 4.07. The lowest BCUT2D eigenvalue weighted by atomic mass is 9.98. The third-order valence-corrected chi connectivity index (χ3v) is 7.30. The Morgan fingerprint density at radius 3 is 2.60 bits per heavy atom. The number of thiazole rings is 1. The average molecular weight is 491 g/mol. The van der Waals surface area contributed by atoms with Gasteiger partial charge in [-0.15, -0.1) is 16.4 Å². The summed E-state index contributed by atoms with van der Waals surface area (Å²) in [7, 11) is 0. The molecule has 0 bridgehead atoms. The first-order valence-corrected chi connectivity index (χ1v) is 13.1. The van der Waals surface area contributed by atoms with Crippen LogP contribution >= 0.6 is 11.3 Å². The van der Waals surface area contributed by atoms with Crippen LogP contribution in [0, 0.1) is 0 Å². The number of aromatic nitrogens is 7. The molecule has 10 heteroatoms. The summed E-state index contributed by atoms with van der Waals surface area (Å²) in [5.41, 5.74) is 2.04. The van der Waals surface area contributed by atoms with Crippen LogP contribution in [-0.2, 0) is 6.42 Å². The van der Waals surface area contributed by atoms with Gasteiger partial charge in [-0.1, -0.05) is 38.0 Å². The van der Waals surface area contributed by atoms with Crippen molar-refractivity contribution in [2.45, 2.75) is 57.6 Å². The zero-order valence-corrected chi connectivity index (χ0v) is 20.7. The van der Waals surface area contributed by atoms with Gasteiger partial charge in [-0.05, 0) is 53.8 Å². The maximum Gasteiger partial charge on any atom is 0.238 e. The molecule has 4 heterocycles. The fourth-order valence-electron chi connectivity index (χ4n) is 4.30. The predicted octanol–water partition coefficient (Wildman–Crippen LogP) is 4.66. The molecule has 3 aromatic heterocycles. The summed E-state index contributed by atoms with van der Waals surface area (Å²) in [4.78, 5) is 16.5. The predicted molar refractivity (Wildman–Crippen MR) is 135 cm³/mol. The molecule has 35 heavy (non-hydrogen) atoms.